The maximum atomic E-state index is 13.7. The van der Waals surface area contributed by atoms with Gasteiger partial charge in [-0.3, -0.25) is 9.59 Å². The quantitative estimate of drug-likeness (QED) is 0.409. The van der Waals surface area contributed by atoms with E-state index < -0.39 is 0 Å². The Morgan fingerprint density at radius 3 is 2.43 bits per heavy atom. The van der Waals surface area contributed by atoms with Crippen molar-refractivity contribution in [2.24, 2.45) is 11.8 Å². The summed E-state index contributed by atoms with van der Waals surface area (Å²) < 4.78 is 0. The van der Waals surface area contributed by atoms with E-state index in [0.717, 1.165) is 43.2 Å². The Balaban J connectivity index is 1.51. The van der Waals surface area contributed by atoms with E-state index in [4.69, 9.17) is 0 Å². The van der Waals surface area contributed by atoms with Gasteiger partial charge in [-0.2, -0.15) is 0 Å². The molecule has 0 aliphatic heterocycles. The monoisotopic (exact) mass is 473 g/mol. The Kier molecular flexibility index (Phi) is 8.27. The van der Waals surface area contributed by atoms with Crippen molar-refractivity contribution < 1.29 is 9.59 Å². The second-order valence-corrected chi connectivity index (χ2v) is 10.5. The van der Waals surface area contributed by atoms with Crippen LogP contribution in [0.3, 0.4) is 0 Å². The lowest BCUT2D eigenvalue weighted by Gasteiger charge is -2.30. The number of carbonyl (C=O) groups excluding carboxylic acids is 2. The molecule has 1 aromatic heterocycles. The van der Waals surface area contributed by atoms with Gasteiger partial charge in [0.25, 0.3) is 0 Å². The number of aromatic nitrogens is 1. The number of para-hydroxylation sites is 1. The molecule has 1 aliphatic rings. The molecule has 0 bridgehead atoms. The van der Waals surface area contributed by atoms with Crippen LogP contribution >= 0.6 is 0 Å². The van der Waals surface area contributed by atoms with E-state index in [2.05, 4.69) is 62.2 Å². The summed E-state index contributed by atoms with van der Waals surface area (Å²) in [6.07, 6.45) is 6.95. The maximum absolute atomic E-state index is 13.7. The van der Waals surface area contributed by atoms with Crippen LogP contribution in [0.2, 0.25) is 0 Å². The Morgan fingerprint density at radius 1 is 1.00 bits per heavy atom. The number of fused-ring (bicyclic) bond motifs is 1. The predicted octanol–water partition coefficient (Wildman–Crippen LogP) is 5.72. The van der Waals surface area contributed by atoms with Crippen LogP contribution in [0.5, 0.6) is 0 Å². The number of amides is 2. The van der Waals surface area contributed by atoms with E-state index in [0.29, 0.717) is 25.6 Å². The van der Waals surface area contributed by atoms with Gasteiger partial charge in [0.1, 0.15) is 0 Å². The van der Waals surface area contributed by atoms with Crippen LogP contribution in [-0.4, -0.2) is 46.2 Å². The summed E-state index contributed by atoms with van der Waals surface area (Å²) in [5.41, 5.74) is 4.64. The average molecular weight is 474 g/mol. The van der Waals surface area contributed by atoms with Crippen LogP contribution in [0, 0.1) is 18.8 Å². The first kappa shape index (κ1) is 25.0. The molecule has 3 aromatic rings. The summed E-state index contributed by atoms with van der Waals surface area (Å²) >= 11 is 0. The molecule has 35 heavy (non-hydrogen) atoms. The van der Waals surface area contributed by atoms with Gasteiger partial charge in [-0.15, -0.1) is 0 Å². The van der Waals surface area contributed by atoms with Crippen molar-refractivity contribution in [3.63, 3.8) is 0 Å². The van der Waals surface area contributed by atoms with Gasteiger partial charge in [-0.1, -0.05) is 74.7 Å². The molecule has 1 heterocycles. The third-order valence-corrected chi connectivity index (χ3v) is 7.10. The molecule has 186 valence electrons. The standard InChI is InChI=1S/C30H39N3O2/c1-22(2)19-33(30(35)25-8-4-5-9-25)21-29(34)32(20-24-14-12-23(3)13-15-24)17-16-26-18-31-28-11-7-6-10-27(26)28/h6-7,10-15,18,22,25,31H,4-5,8-9,16-17,19-21H2,1-3H3. The van der Waals surface area contributed by atoms with E-state index in [1.54, 1.807) is 0 Å². The zero-order valence-corrected chi connectivity index (χ0v) is 21.4. The molecule has 4 rings (SSSR count). The van der Waals surface area contributed by atoms with Crippen molar-refractivity contribution in [3.05, 3.63) is 71.4 Å². The molecule has 5 nitrogen and oxygen atoms in total. The number of nitrogens with zero attached hydrogens (tertiary/aromatic N) is 2. The summed E-state index contributed by atoms with van der Waals surface area (Å²) in [7, 11) is 0. The highest BCUT2D eigenvalue weighted by molar-refractivity contribution is 5.86. The van der Waals surface area contributed by atoms with Crippen LogP contribution in [0.25, 0.3) is 10.9 Å². The fourth-order valence-electron chi connectivity index (χ4n) is 5.17. The zero-order chi connectivity index (χ0) is 24.8. The highest BCUT2D eigenvalue weighted by atomic mass is 16.2. The smallest absolute Gasteiger partial charge is 0.242 e. The summed E-state index contributed by atoms with van der Waals surface area (Å²) in [6.45, 7) is 8.24. The molecule has 5 heteroatoms. The van der Waals surface area contributed by atoms with Gasteiger partial charge < -0.3 is 14.8 Å². The van der Waals surface area contributed by atoms with Gasteiger partial charge in [0.05, 0.1) is 6.54 Å². The number of H-pyrrole nitrogens is 1. The molecule has 2 amide bonds. The molecule has 2 aromatic carbocycles. The second-order valence-electron chi connectivity index (χ2n) is 10.5. The van der Waals surface area contributed by atoms with Crippen molar-refractivity contribution in [3.8, 4) is 0 Å². The van der Waals surface area contributed by atoms with Gasteiger partial charge in [0.2, 0.25) is 11.8 Å². The first-order valence-corrected chi connectivity index (χ1v) is 13.1. The fourth-order valence-corrected chi connectivity index (χ4v) is 5.17. The number of benzene rings is 2. The topological polar surface area (TPSA) is 56.4 Å². The van der Waals surface area contributed by atoms with Crippen LogP contribution in [0.1, 0.15) is 56.2 Å². The van der Waals surface area contributed by atoms with E-state index in [1.807, 2.05) is 28.1 Å². The molecule has 0 unspecified atom stereocenters. The first-order chi connectivity index (χ1) is 16.9. The third kappa shape index (κ3) is 6.53. The van der Waals surface area contributed by atoms with Crippen LogP contribution in [-0.2, 0) is 22.6 Å². The summed E-state index contributed by atoms with van der Waals surface area (Å²) in [5.74, 6) is 0.595. The van der Waals surface area contributed by atoms with E-state index in [9.17, 15) is 9.59 Å². The number of hydrogen-bond acceptors (Lipinski definition) is 2. The van der Waals surface area contributed by atoms with Gasteiger partial charge in [0, 0.05) is 42.7 Å². The van der Waals surface area contributed by atoms with Crippen LogP contribution in [0.4, 0.5) is 0 Å². The largest absolute Gasteiger partial charge is 0.361 e. The number of carbonyl (C=O) groups is 2. The lowest BCUT2D eigenvalue weighted by atomic mass is 10.1. The van der Waals surface area contributed by atoms with Gasteiger partial charge in [-0.05, 0) is 49.3 Å². The van der Waals surface area contributed by atoms with Gasteiger partial charge >= 0.3 is 0 Å². The molecular weight excluding hydrogens is 434 g/mol. The van der Waals surface area contributed by atoms with Gasteiger partial charge in [0.15, 0.2) is 0 Å². The van der Waals surface area contributed by atoms with Crippen molar-refractivity contribution in [1.29, 1.82) is 0 Å². The maximum Gasteiger partial charge on any atom is 0.242 e. The van der Waals surface area contributed by atoms with E-state index in [-0.39, 0.29) is 24.3 Å². The predicted molar refractivity (Wildman–Crippen MR) is 142 cm³/mol. The zero-order valence-electron chi connectivity index (χ0n) is 21.4. The normalized spacial score (nSPS) is 14.1. The van der Waals surface area contributed by atoms with Crippen LogP contribution < -0.4 is 0 Å². The summed E-state index contributed by atoms with van der Waals surface area (Å²) in [4.78, 5) is 34.1. The molecule has 0 spiro atoms. The fraction of sp³-hybridized carbons (Fsp3) is 0.467. The minimum absolute atomic E-state index is 0.0254. The van der Waals surface area contributed by atoms with Crippen LogP contribution in [0.15, 0.2) is 54.7 Å². The lowest BCUT2D eigenvalue weighted by Crippen LogP contribution is -2.46. The van der Waals surface area contributed by atoms with E-state index in [1.165, 1.54) is 16.5 Å². The summed E-state index contributed by atoms with van der Waals surface area (Å²) in [5, 5.41) is 1.20. The number of aryl methyl sites for hydroxylation is 1. The Bertz CT molecular complexity index is 1130. The first-order valence-electron chi connectivity index (χ1n) is 13.1. The average Bonchev–Trinajstić information content (AvgIpc) is 3.52. The van der Waals surface area contributed by atoms with E-state index >= 15 is 0 Å². The highest BCUT2D eigenvalue weighted by Crippen LogP contribution is 2.27. The third-order valence-electron chi connectivity index (χ3n) is 7.10. The van der Waals surface area contributed by atoms with Crippen molar-refractivity contribution >= 4 is 22.7 Å². The molecule has 1 saturated carbocycles. The number of nitrogens with one attached hydrogen (secondary N) is 1. The minimum atomic E-state index is 0.0254. The molecule has 1 fully saturated rings. The Labute approximate surface area is 209 Å². The summed E-state index contributed by atoms with van der Waals surface area (Å²) in [6, 6.07) is 16.6. The Hall–Kier alpha value is -3.08. The molecule has 1 N–H and O–H groups in total. The van der Waals surface area contributed by atoms with Crippen molar-refractivity contribution in [1.82, 2.24) is 14.8 Å². The second kappa shape index (κ2) is 11.6. The lowest BCUT2D eigenvalue weighted by molar-refractivity contribution is -0.143. The molecule has 1 aliphatic carbocycles. The Morgan fingerprint density at radius 2 is 1.71 bits per heavy atom. The molecule has 0 atom stereocenters. The number of aromatic amines is 1. The molecular formula is C30H39N3O2. The molecule has 0 saturated heterocycles. The highest BCUT2D eigenvalue weighted by Gasteiger charge is 2.30. The number of rotatable bonds is 10. The van der Waals surface area contributed by atoms with Gasteiger partial charge in [-0.25, -0.2) is 0 Å². The number of hydrogen-bond donors (Lipinski definition) is 1. The van der Waals surface area contributed by atoms with Crippen molar-refractivity contribution in [2.45, 2.75) is 59.4 Å². The SMILES string of the molecule is Cc1ccc(CN(CCc2c[nH]c3ccccc23)C(=O)CN(CC(C)C)C(=O)C2CCCC2)cc1. The van der Waals surface area contributed by atoms with Crippen molar-refractivity contribution in [2.75, 3.05) is 19.6 Å². The minimum Gasteiger partial charge on any atom is -0.361 e. The molecule has 0 radical (unpaired) electrons.